The molecule has 2 N–H and O–H groups in total. The quantitative estimate of drug-likeness (QED) is 0.425. The Morgan fingerprint density at radius 3 is 2.75 bits per heavy atom. The standard InChI is InChI=1S/C11H17N3OS/c15-4-1-5-16-11-13-7-9(8-14-11)6-12-10-2-3-10/h7-8,10,12,15H,1-6H2. The van der Waals surface area contributed by atoms with Crippen molar-refractivity contribution in [1.29, 1.82) is 0 Å². The highest BCUT2D eigenvalue weighted by atomic mass is 32.2. The van der Waals surface area contributed by atoms with Gasteiger partial charge in [-0.05, 0) is 19.3 Å². The lowest BCUT2D eigenvalue weighted by atomic mass is 10.3. The summed E-state index contributed by atoms with van der Waals surface area (Å²) in [5.74, 6) is 0.871. The maximum Gasteiger partial charge on any atom is 0.187 e. The van der Waals surface area contributed by atoms with Crippen LogP contribution < -0.4 is 5.32 Å². The number of rotatable bonds is 7. The van der Waals surface area contributed by atoms with E-state index < -0.39 is 0 Å². The molecule has 0 spiro atoms. The molecule has 0 bridgehead atoms. The number of nitrogens with one attached hydrogen (secondary N) is 1. The Labute approximate surface area is 99.9 Å². The molecular formula is C11H17N3OS. The lowest BCUT2D eigenvalue weighted by Gasteiger charge is -2.03. The predicted molar refractivity (Wildman–Crippen MR) is 64.3 cm³/mol. The largest absolute Gasteiger partial charge is 0.396 e. The third-order valence-electron chi connectivity index (χ3n) is 2.39. The molecule has 0 saturated heterocycles. The second-order valence-corrected chi connectivity index (χ2v) is 5.02. The maximum absolute atomic E-state index is 8.65. The molecule has 0 radical (unpaired) electrons. The Hall–Kier alpha value is -0.650. The molecule has 1 heterocycles. The second-order valence-electron chi connectivity index (χ2n) is 3.95. The molecule has 4 nitrogen and oxygen atoms in total. The van der Waals surface area contributed by atoms with Crippen molar-refractivity contribution in [2.75, 3.05) is 12.4 Å². The minimum atomic E-state index is 0.233. The number of nitrogens with zero attached hydrogens (tertiary/aromatic N) is 2. The minimum absolute atomic E-state index is 0.233. The molecule has 0 aromatic carbocycles. The van der Waals surface area contributed by atoms with E-state index >= 15 is 0 Å². The second kappa shape index (κ2) is 6.18. The summed E-state index contributed by atoms with van der Waals surface area (Å²) >= 11 is 1.59. The highest BCUT2D eigenvalue weighted by molar-refractivity contribution is 7.99. The predicted octanol–water partition coefficient (Wildman–Crippen LogP) is 1.20. The van der Waals surface area contributed by atoms with E-state index in [0.29, 0.717) is 0 Å². The molecule has 1 aliphatic rings. The lowest BCUT2D eigenvalue weighted by molar-refractivity contribution is 0.296. The van der Waals surface area contributed by atoms with Gasteiger partial charge >= 0.3 is 0 Å². The lowest BCUT2D eigenvalue weighted by Crippen LogP contribution is -2.15. The monoisotopic (exact) mass is 239 g/mol. The van der Waals surface area contributed by atoms with Gasteiger partial charge < -0.3 is 10.4 Å². The van der Waals surface area contributed by atoms with E-state index in [1.165, 1.54) is 12.8 Å². The summed E-state index contributed by atoms with van der Waals surface area (Å²) in [4.78, 5) is 8.56. The number of hydrogen-bond acceptors (Lipinski definition) is 5. The molecule has 0 atom stereocenters. The molecule has 2 rings (SSSR count). The normalized spacial score (nSPS) is 15.3. The van der Waals surface area contributed by atoms with Crippen molar-refractivity contribution < 1.29 is 5.11 Å². The van der Waals surface area contributed by atoms with Gasteiger partial charge in [-0.25, -0.2) is 9.97 Å². The molecule has 1 aromatic rings. The average Bonchev–Trinajstić information content (AvgIpc) is 3.12. The van der Waals surface area contributed by atoms with Crippen molar-refractivity contribution in [1.82, 2.24) is 15.3 Å². The van der Waals surface area contributed by atoms with Crippen molar-refractivity contribution in [2.45, 2.75) is 37.0 Å². The van der Waals surface area contributed by atoms with Crippen LogP contribution in [0.3, 0.4) is 0 Å². The molecule has 16 heavy (non-hydrogen) atoms. The van der Waals surface area contributed by atoms with E-state index in [0.717, 1.165) is 35.5 Å². The van der Waals surface area contributed by atoms with E-state index in [4.69, 9.17) is 5.11 Å². The van der Waals surface area contributed by atoms with E-state index in [-0.39, 0.29) is 6.61 Å². The first-order valence-corrected chi connectivity index (χ1v) is 6.65. The van der Waals surface area contributed by atoms with Crippen LogP contribution in [-0.2, 0) is 6.54 Å². The van der Waals surface area contributed by atoms with Crippen LogP contribution in [0, 0.1) is 0 Å². The molecule has 5 heteroatoms. The third kappa shape index (κ3) is 4.08. The van der Waals surface area contributed by atoms with Crippen LogP contribution in [0.15, 0.2) is 17.6 Å². The first-order valence-electron chi connectivity index (χ1n) is 5.66. The summed E-state index contributed by atoms with van der Waals surface area (Å²) in [5.41, 5.74) is 1.14. The van der Waals surface area contributed by atoms with Crippen molar-refractivity contribution in [3.63, 3.8) is 0 Å². The zero-order valence-corrected chi connectivity index (χ0v) is 10.0. The van der Waals surface area contributed by atoms with Crippen LogP contribution in [0.5, 0.6) is 0 Å². The van der Waals surface area contributed by atoms with Gasteiger partial charge in [0.05, 0.1) is 0 Å². The number of aliphatic hydroxyl groups excluding tert-OH is 1. The van der Waals surface area contributed by atoms with Crippen LogP contribution >= 0.6 is 11.8 Å². The van der Waals surface area contributed by atoms with Gasteiger partial charge in [-0.15, -0.1) is 0 Å². The topological polar surface area (TPSA) is 58.0 Å². The molecule has 1 aliphatic carbocycles. The highest BCUT2D eigenvalue weighted by Gasteiger charge is 2.19. The van der Waals surface area contributed by atoms with Gasteiger partial charge in [-0.3, -0.25) is 0 Å². The van der Waals surface area contributed by atoms with E-state index in [1.807, 2.05) is 12.4 Å². The van der Waals surface area contributed by atoms with Crippen molar-refractivity contribution in [3.8, 4) is 0 Å². The summed E-state index contributed by atoms with van der Waals surface area (Å²) in [6, 6.07) is 0.721. The van der Waals surface area contributed by atoms with Gasteiger partial charge in [0.15, 0.2) is 5.16 Å². The fourth-order valence-electron chi connectivity index (χ4n) is 1.29. The molecular weight excluding hydrogens is 222 g/mol. The third-order valence-corrected chi connectivity index (χ3v) is 3.35. The van der Waals surface area contributed by atoms with Gasteiger partial charge in [-0.1, -0.05) is 11.8 Å². The van der Waals surface area contributed by atoms with Gasteiger partial charge in [0, 0.05) is 42.9 Å². The molecule has 1 saturated carbocycles. The Bertz CT molecular complexity index is 314. The SMILES string of the molecule is OCCCSc1ncc(CNC2CC2)cn1. The van der Waals surface area contributed by atoms with Gasteiger partial charge in [0.2, 0.25) is 0 Å². The van der Waals surface area contributed by atoms with Gasteiger partial charge in [0.25, 0.3) is 0 Å². The Morgan fingerprint density at radius 2 is 2.12 bits per heavy atom. The average molecular weight is 239 g/mol. The van der Waals surface area contributed by atoms with Crippen LogP contribution in [-0.4, -0.2) is 33.5 Å². The molecule has 0 amide bonds. The highest BCUT2D eigenvalue weighted by Crippen LogP contribution is 2.19. The summed E-state index contributed by atoms with van der Waals surface area (Å²) in [5, 5.41) is 12.9. The molecule has 88 valence electrons. The van der Waals surface area contributed by atoms with E-state index in [2.05, 4.69) is 15.3 Å². The van der Waals surface area contributed by atoms with Crippen molar-refractivity contribution >= 4 is 11.8 Å². The first kappa shape index (κ1) is 11.8. The summed E-state index contributed by atoms with van der Waals surface area (Å²) in [6.45, 7) is 1.10. The molecule has 0 unspecified atom stereocenters. The zero-order valence-electron chi connectivity index (χ0n) is 9.22. The molecule has 0 aliphatic heterocycles. The Kier molecular flexibility index (Phi) is 4.56. The van der Waals surface area contributed by atoms with Gasteiger partial charge in [0.1, 0.15) is 0 Å². The molecule has 1 fully saturated rings. The molecule has 1 aromatic heterocycles. The summed E-state index contributed by atoms with van der Waals surface area (Å²) < 4.78 is 0. The van der Waals surface area contributed by atoms with Crippen LogP contribution in [0.2, 0.25) is 0 Å². The zero-order chi connectivity index (χ0) is 11.2. The van der Waals surface area contributed by atoms with Gasteiger partial charge in [-0.2, -0.15) is 0 Å². The minimum Gasteiger partial charge on any atom is -0.396 e. The fraction of sp³-hybridized carbons (Fsp3) is 0.636. The Morgan fingerprint density at radius 1 is 1.38 bits per heavy atom. The van der Waals surface area contributed by atoms with Crippen molar-refractivity contribution in [2.24, 2.45) is 0 Å². The number of aromatic nitrogens is 2. The first-order chi connectivity index (χ1) is 7.88. The fourth-order valence-corrected chi connectivity index (χ4v) is 2.00. The maximum atomic E-state index is 8.65. The number of hydrogen-bond donors (Lipinski definition) is 2. The van der Waals surface area contributed by atoms with E-state index in [9.17, 15) is 0 Å². The summed E-state index contributed by atoms with van der Waals surface area (Å²) in [6.07, 6.45) is 7.15. The summed E-state index contributed by atoms with van der Waals surface area (Å²) in [7, 11) is 0. The number of thioether (sulfide) groups is 1. The van der Waals surface area contributed by atoms with Crippen LogP contribution in [0.1, 0.15) is 24.8 Å². The number of aliphatic hydroxyl groups is 1. The van der Waals surface area contributed by atoms with E-state index in [1.54, 1.807) is 11.8 Å². The van der Waals surface area contributed by atoms with Crippen LogP contribution in [0.4, 0.5) is 0 Å². The Balaban J connectivity index is 1.74. The van der Waals surface area contributed by atoms with Crippen LogP contribution in [0.25, 0.3) is 0 Å². The van der Waals surface area contributed by atoms with Crippen molar-refractivity contribution in [3.05, 3.63) is 18.0 Å². The smallest absolute Gasteiger partial charge is 0.187 e.